The number of piperidine rings is 1. The van der Waals surface area contributed by atoms with Crippen LogP contribution in [0.3, 0.4) is 0 Å². The molecule has 5 nitrogen and oxygen atoms in total. The van der Waals surface area contributed by atoms with Gasteiger partial charge >= 0.3 is 0 Å². The predicted molar refractivity (Wildman–Crippen MR) is 82.1 cm³/mol. The largest absolute Gasteiger partial charge is 0.338 e. The van der Waals surface area contributed by atoms with E-state index in [1.807, 2.05) is 0 Å². The van der Waals surface area contributed by atoms with Gasteiger partial charge in [0, 0.05) is 19.1 Å². The van der Waals surface area contributed by atoms with Gasteiger partial charge in [-0.1, -0.05) is 20.3 Å². The summed E-state index contributed by atoms with van der Waals surface area (Å²) >= 11 is 0. The van der Waals surface area contributed by atoms with Crippen molar-refractivity contribution in [1.82, 2.24) is 20.5 Å². The molecule has 0 aliphatic carbocycles. The van der Waals surface area contributed by atoms with E-state index >= 15 is 0 Å². The lowest BCUT2D eigenvalue weighted by Crippen LogP contribution is -2.44. The average molecular weight is 277 g/mol. The van der Waals surface area contributed by atoms with Crippen LogP contribution in [0.25, 0.3) is 0 Å². The van der Waals surface area contributed by atoms with Crippen LogP contribution in [-0.2, 0) is 12.8 Å². The highest BCUT2D eigenvalue weighted by molar-refractivity contribution is 5.30. The maximum atomic E-state index is 4.72. The first-order valence-corrected chi connectivity index (χ1v) is 7.99. The number of nitrogens with zero attached hydrogens (tertiary/aromatic N) is 4. The van der Waals surface area contributed by atoms with Gasteiger partial charge in [0.1, 0.15) is 0 Å². The van der Waals surface area contributed by atoms with Crippen LogP contribution in [-0.4, -0.2) is 40.9 Å². The van der Waals surface area contributed by atoms with E-state index in [2.05, 4.69) is 41.2 Å². The monoisotopic (exact) mass is 277 g/mol. The molecule has 1 atom stereocenters. The molecule has 1 aromatic heterocycles. The Morgan fingerprint density at radius 2 is 1.90 bits per heavy atom. The van der Waals surface area contributed by atoms with Crippen LogP contribution in [0.1, 0.15) is 51.4 Å². The zero-order valence-corrected chi connectivity index (χ0v) is 13.0. The molecule has 0 saturated carbocycles. The van der Waals surface area contributed by atoms with Crippen molar-refractivity contribution in [3.05, 3.63) is 11.4 Å². The van der Waals surface area contributed by atoms with E-state index in [1.165, 1.54) is 19.3 Å². The molecule has 2 heterocycles. The number of rotatable bonds is 6. The molecule has 0 spiro atoms. The van der Waals surface area contributed by atoms with Crippen LogP contribution >= 0.6 is 0 Å². The van der Waals surface area contributed by atoms with Gasteiger partial charge in [0.15, 0.2) is 0 Å². The number of aromatic nitrogens is 3. The van der Waals surface area contributed by atoms with Crippen LogP contribution in [0.2, 0.25) is 0 Å². The molecular formula is C15H27N5. The molecule has 112 valence electrons. The first kappa shape index (κ1) is 15.2. The third-order valence-corrected chi connectivity index (χ3v) is 4.02. The number of hydrogen-bond acceptors (Lipinski definition) is 5. The molecule has 1 aliphatic rings. The fourth-order valence-electron chi connectivity index (χ4n) is 2.76. The average Bonchev–Trinajstić information content (AvgIpc) is 2.53. The third kappa shape index (κ3) is 3.66. The number of anilines is 1. The van der Waals surface area contributed by atoms with Crippen molar-refractivity contribution in [3.63, 3.8) is 0 Å². The minimum absolute atomic E-state index is 0.559. The highest BCUT2D eigenvalue weighted by Gasteiger charge is 2.18. The Morgan fingerprint density at radius 1 is 1.10 bits per heavy atom. The SMILES string of the molecule is CCc1nnc(N(CC)CC2CCCCN2)nc1CC. The summed E-state index contributed by atoms with van der Waals surface area (Å²) in [4.78, 5) is 6.97. The van der Waals surface area contributed by atoms with Crippen molar-refractivity contribution >= 4 is 5.95 Å². The minimum atomic E-state index is 0.559. The third-order valence-electron chi connectivity index (χ3n) is 4.02. The molecule has 5 heteroatoms. The highest BCUT2D eigenvalue weighted by Crippen LogP contribution is 2.14. The zero-order valence-electron chi connectivity index (χ0n) is 13.0. The molecule has 20 heavy (non-hydrogen) atoms. The summed E-state index contributed by atoms with van der Waals surface area (Å²) in [6.45, 7) is 9.43. The lowest BCUT2D eigenvalue weighted by Gasteiger charge is -2.29. The molecule has 1 saturated heterocycles. The maximum Gasteiger partial charge on any atom is 0.245 e. The van der Waals surface area contributed by atoms with Crippen LogP contribution in [0, 0.1) is 0 Å². The Kier molecular flexibility index (Phi) is 5.71. The summed E-state index contributed by atoms with van der Waals surface area (Å²) in [6.07, 6.45) is 5.69. The topological polar surface area (TPSA) is 53.9 Å². The number of nitrogens with one attached hydrogen (secondary N) is 1. The van der Waals surface area contributed by atoms with Gasteiger partial charge in [0.25, 0.3) is 0 Å². The molecule has 1 aromatic rings. The van der Waals surface area contributed by atoms with E-state index in [1.54, 1.807) is 0 Å². The molecule has 1 unspecified atom stereocenters. The standard InChI is InChI=1S/C15H27N5/c1-4-13-14(5-2)18-19-15(17-13)20(6-3)11-12-9-7-8-10-16-12/h12,16H,4-11H2,1-3H3. The predicted octanol–water partition coefficient (Wildman–Crippen LogP) is 1.96. The van der Waals surface area contributed by atoms with Gasteiger partial charge in [0.05, 0.1) is 11.4 Å². The molecule has 2 rings (SSSR count). The van der Waals surface area contributed by atoms with Gasteiger partial charge in [-0.2, -0.15) is 5.10 Å². The van der Waals surface area contributed by atoms with Gasteiger partial charge in [-0.25, -0.2) is 4.98 Å². The summed E-state index contributed by atoms with van der Waals surface area (Å²) in [5.74, 6) is 0.786. The van der Waals surface area contributed by atoms with Crippen LogP contribution in [0.5, 0.6) is 0 Å². The summed E-state index contributed by atoms with van der Waals surface area (Å²) in [5.41, 5.74) is 2.12. The van der Waals surface area contributed by atoms with Gasteiger partial charge in [-0.15, -0.1) is 5.10 Å². The molecule has 0 aromatic carbocycles. The zero-order chi connectivity index (χ0) is 14.4. The fourth-order valence-corrected chi connectivity index (χ4v) is 2.76. The Balaban J connectivity index is 2.09. The second-order valence-corrected chi connectivity index (χ2v) is 5.40. The second-order valence-electron chi connectivity index (χ2n) is 5.40. The minimum Gasteiger partial charge on any atom is -0.338 e. The molecule has 0 bridgehead atoms. The van der Waals surface area contributed by atoms with Crippen LogP contribution < -0.4 is 10.2 Å². The van der Waals surface area contributed by atoms with Gasteiger partial charge in [0.2, 0.25) is 5.95 Å². The van der Waals surface area contributed by atoms with Crippen molar-refractivity contribution in [2.75, 3.05) is 24.5 Å². The summed E-state index contributed by atoms with van der Waals surface area (Å²) in [5, 5.41) is 12.3. The normalized spacial score (nSPS) is 19.1. The van der Waals surface area contributed by atoms with E-state index in [4.69, 9.17) is 4.98 Å². The lowest BCUT2D eigenvalue weighted by atomic mass is 10.0. The number of likely N-dealkylation sites (N-methyl/N-ethyl adjacent to an activating group) is 1. The first-order valence-electron chi connectivity index (χ1n) is 7.99. The van der Waals surface area contributed by atoms with Crippen molar-refractivity contribution in [2.45, 2.75) is 58.9 Å². The molecular weight excluding hydrogens is 250 g/mol. The molecule has 0 radical (unpaired) electrons. The smallest absolute Gasteiger partial charge is 0.245 e. The van der Waals surface area contributed by atoms with Crippen LogP contribution in [0.4, 0.5) is 5.95 Å². The molecule has 1 N–H and O–H groups in total. The maximum absolute atomic E-state index is 4.72. The Bertz CT molecular complexity index is 415. The second kappa shape index (κ2) is 7.53. The quantitative estimate of drug-likeness (QED) is 0.861. The summed E-state index contributed by atoms with van der Waals surface area (Å²) < 4.78 is 0. The van der Waals surface area contributed by atoms with Crippen molar-refractivity contribution in [1.29, 1.82) is 0 Å². The van der Waals surface area contributed by atoms with Crippen LogP contribution in [0.15, 0.2) is 0 Å². The first-order chi connectivity index (χ1) is 9.78. The summed E-state index contributed by atoms with van der Waals surface area (Å²) in [6, 6.07) is 0.559. The van der Waals surface area contributed by atoms with Crippen molar-refractivity contribution in [2.24, 2.45) is 0 Å². The van der Waals surface area contributed by atoms with E-state index in [-0.39, 0.29) is 0 Å². The highest BCUT2D eigenvalue weighted by atomic mass is 15.3. The van der Waals surface area contributed by atoms with E-state index < -0.39 is 0 Å². The lowest BCUT2D eigenvalue weighted by molar-refractivity contribution is 0.398. The Hall–Kier alpha value is -1.23. The van der Waals surface area contributed by atoms with Gasteiger partial charge < -0.3 is 10.2 Å². The molecule has 1 aliphatic heterocycles. The van der Waals surface area contributed by atoms with Gasteiger partial charge in [-0.3, -0.25) is 0 Å². The van der Waals surface area contributed by atoms with E-state index in [0.29, 0.717) is 6.04 Å². The number of hydrogen-bond donors (Lipinski definition) is 1. The van der Waals surface area contributed by atoms with Crippen molar-refractivity contribution < 1.29 is 0 Å². The Labute approximate surface area is 122 Å². The Morgan fingerprint density at radius 3 is 2.50 bits per heavy atom. The summed E-state index contributed by atoms with van der Waals surface area (Å²) in [7, 11) is 0. The van der Waals surface area contributed by atoms with E-state index in [9.17, 15) is 0 Å². The molecule has 0 amide bonds. The fraction of sp³-hybridized carbons (Fsp3) is 0.800. The number of aryl methyl sites for hydroxylation is 2. The van der Waals surface area contributed by atoms with Gasteiger partial charge in [-0.05, 0) is 39.2 Å². The molecule has 1 fully saturated rings. The van der Waals surface area contributed by atoms with E-state index in [0.717, 1.165) is 49.8 Å². The van der Waals surface area contributed by atoms with Crippen molar-refractivity contribution in [3.8, 4) is 0 Å².